The van der Waals surface area contributed by atoms with Crippen molar-refractivity contribution >= 4 is 98.1 Å². The summed E-state index contributed by atoms with van der Waals surface area (Å²) in [6.45, 7) is 2.38. The van der Waals surface area contributed by atoms with E-state index in [4.69, 9.17) is 45.0 Å². The number of carboxylic acid groups (broad SMARTS) is 2. The number of benzene rings is 8. The number of amides is 3. The summed E-state index contributed by atoms with van der Waals surface area (Å²) in [5, 5.41) is 37.2. The summed E-state index contributed by atoms with van der Waals surface area (Å²) < 4.78 is 6.51. The Morgan fingerprint density at radius 2 is 0.837 bits per heavy atom. The van der Waals surface area contributed by atoms with E-state index in [1.54, 1.807) is 12.3 Å². The number of nitrogens with zero attached hydrogens (tertiary/aromatic N) is 1. The third-order valence-corrected chi connectivity index (χ3v) is 14.8. The maximum Gasteiger partial charge on any atom is 0.337 e. The quantitative estimate of drug-likeness (QED) is 0.0249. The van der Waals surface area contributed by atoms with Gasteiger partial charge in [0.25, 0.3) is 0 Å². The summed E-state index contributed by atoms with van der Waals surface area (Å²) in [4.78, 5) is 68.9. The van der Waals surface area contributed by atoms with Crippen molar-refractivity contribution in [1.82, 2.24) is 20.5 Å². The zero-order valence-electron chi connectivity index (χ0n) is 51.1. The molecule has 0 radical (unpaired) electrons. The van der Waals surface area contributed by atoms with Gasteiger partial charge in [-0.25, -0.2) is 4.79 Å². The Morgan fingerprint density at radius 1 is 0.467 bits per heavy atom. The summed E-state index contributed by atoms with van der Waals surface area (Å²) in [6.07, 6.45) is 10.8. The van der Waals surface area contributed by atoms with Crippen molar-refractivity contribution < 1.29 is 48.8 Å². The fourth-order valence-electron chi connectivity index (χ4n) is 9.29. The molecule has 0 spiro atoms. The van der Waals surface area contributed by atoms with Gasteiger partial charge in [-0.15, -0.1) is 0 Å². The van der Waals surface area contributed by atoms with E-state index in [1.807, 2.05) is 193 Å². The molecule has 0 aliphatic heterocycles. The van der Waals surface area contributed by atoms with Crippen LogP contribution in [0.4, 0.5) is 0 Å². The molecule has 8 aromatic carbocycles. The van der Waals surface area contributed by atoms with Crippen LogP contribution in [0.25, 0.3) is 27.6 Å². The Balaban J connectivity index is 0.000000195. The van der Waals surface area contributed by atoms with Gasteiger partial charge in [0.1, 0.15) is 13.1 Å². The number of hydrogen-bond donors (Lipinski definition) is 6. The highest BCUT2D eigenvalue weighted by molar-refractivity contribution is 6.31. The zero-order chi connectivity index (χ0) is 66.0. The molecular formula is C75H73Cl3N4O10. The number of aliphatic carboxylic acids is 1. The summed E-state index contributed by atoms with van der Waals surface area (Å²) in [5.41, 5.74) is 12.8. The van der Waals surface area contributed by atoms with Crippen LogP contribution in [0.3, 0.4) is 0 Å². The van der Waals surface area contributed by atoms with Gasteiger partial charge in [0.2, 0.25) is 17.7 Å². The van der Waals surface area contributed by atoms with Gasteiger partial charge in [0.05, 0.1) is 19.3 Å². The lowest BCUT2D eigenvalue weighted by molar-refractivity contribution is -0.140. The molecule has 474 valence electrons. The number of aliphatic hydroxyl groups excluding tert-OH is 1. The van der Waals surface area contributed by atoms with E-state index in [2.05, 4.69) is 51.9 Å². The largest absolute Gasteiger partial charge is 0.480 e. The minimum atomic E-state index is -1.07. The van der Waals surface area contributed by atoms with Gasteiger partial charge in [-0.3, -0.25) is 24.0 Å². The van der Waals surface area contributed by atoms with E-state index in [0.29, 0.717) is 35.0 Å². The number of aryl methyl sites for hydroxylation is 4. The van der Waals surface area contributed by atoms with Crippen LogP contribution in [0.1, 0.15) is 74.1 Å². The lowest BCUT2D eigenvalue weighted by Gasteiger charge is -2.09. The first-order chi connectivity index (χ1) is 44.5. The first-order valence-corrected chi connectivity index (χ1v) is 30.7. The van der Waals surface area contributed by atoms with E-state index < -0.39 is 30.4 Å². The zero-order valence-corrected chi connectivity index (χ0v) is 53.3. The van der Waals surface area contributed by atoms with Crippen molar-refractivity contribution in [2.45, 2.75) is 52.0 Å². The van der Waals surface area contributed by atoms with Crippen LogP contribution < -0.4 is 16.0 Å². The highest BCUT2D eigenvalue weighted by atomic mass is 35.5. The molecule has 0 aliphatic carbocycles. The lowest BCUT2D eigenvalue weighted by atomic mass is 9.98. The number of rotatable bonds is 24. The third kappa shape index (κ3) is 25.6. The van der Waals surface area contributed by atoms with Crippen molar-refractivity contribution in [3.63, 3.8) is 0 Å². The Bertz CT molecular complexity index is 3910. The lowest BCUT2D eigenvalue weighted by Crippen LogP contribution is -2.28. The number of fused-ring (bicyclic) bond motifs is 1. The fraction of sp³-hybridized carbons (Fsp3) is 0.173. The van der Waals surface area contributed by atoms with Crippen molar-refractivity contribution in [3.8, 4) is 0 Å². The number of aromatic nitrogens is 1. The van der Waals surface area contributed by atoms with Gasteiger partial charge in [-0.1, -0.05) is 210 Å². The van der Waals surface area contributed by atoms with Gasteiger partial charge in [-0.2, -0.15) is 0 Å². The van der Waals surface area contributed by atoms with E-state index >= 15 is 0 Å². The molecule has 0 unspecified atom stereocenters. The number of carbonyl (C=O) groups is 6. The first-order valence-electron chi connectivity index (χ1n) is 29.6. The Labute approximate surface area is 551 Å². The van der Waals surface area contributed by atoms with Gasteiger partial charge in [0.15, 0.2) is 0 Å². The van der Waals surface area contributed by atoms with Crippen LogP contribution in [0.2, 0.25) is 15.1 Å². The molecule has 1 aromatic heterocycles. The van der Waals surface area contributed by atoms with Crippen LogP contribution in [0.15, 0.2) is 237 Å². The monoisotopic (exact) mass is 1290 g/mol. The number of esters is 1. The number of halogens is 3. The molecule has 0 aliphatic rings. The number of para-hydroxylation sites is 1. The number of carboxylic acids is 2. The molecule has 0 saturated carbocycles. The molecule has 0 atom stereocenters. The van der Waals surface area contributed by atoms with Crippen molar-refractivity contribution in [3.05, 3.63) is 302 Å². The van der Waals surface area contributed by atoms with Crippen LogP contribution >= 0.6 is 34.8 Å². The van der Waals surface area contributed by atoms with E-state index in [-0.39, 0.29) is 31.5 Å². The van der Waals surface area contributed by atoms with Gasteiger partial charge >= 0.3 is 17.9 Å². The molecule has 17 heteroatoms. The summed E-state index contributed by atoms with van der Waals surface area (Å²) >= 11 is 17.7. The predicted molar refractivity (Wildman–Crippen MR) is 368 cm³/mol. The number of aliphatic hydroxyl groups is 1. The smallest absolute Gasteiger partial charge is 0.337 e. The van der Waals surface area contributed by atoms with Crippen molar-refractivity contribution in [1.29, 1.82) is 0 Å². The number of nitrogens with one attached hydrogen (secondary N) is 3. The standard InChI is InChI=1S/C20H20ClNO3.C19H18ClNO3.C19H20ClNO2.C17H15NO2/c1-25-20(24)14-22-19(23)13-17(16-5-3-2-4-6-16)10-7-15-8-11-18(21)12-9-15;20-17-10-7-14(8-11-17)6-9-16(15-4-2-1-3-5-15)12-18(22)21-13-19(23)24;20-18-10-7-15(8-11-18)6-9-17(14-19(23)21-12-13-22)16-4-2-1-3-5-16;1-12-6-8-13(9-7-12)10-18-11-15(17(19)20)14-4-2-3-5-16(14)18/h2-6,8-9,11-13H,7,10,14H2,1H3,(H,22,23);1-5,7-8,10-12H,6,9,13H2,(H,21,22)(H,23,24);1-5,7-8,10-11,14,22H,6,9,12-13H2,(H,21,23);2-9,11H,10H2,1H3,(H,19,20)/b17-13+;16-12-;17-14-;. The minimum Gasteiger partial charge on any atom is -0.480 e. The number of carbonyl (C=O) groups excluding carboxylic acids is 4. The van der Waals surface area contributed by atoms with Crippen LogP contribution in [0.5, 0.6) is 0 Å². The predicted octanol–water partition coefficient (Wildman–Crippen LogP) is 14.4. The van der Waals surface area contributed by atoms with E-state index in [0.717, 1.165) is 91.7 Å². The summed E-state index contributed by atoms with van der Waals surface area (Å²) in [5.74, 6) is -3.35. The first kappa shape index (κ1) is 71.2. The summed E-state index contributed by atoms with van der Waals surface area (Å²) in [6, 6.07) is 68.0. The number of aromatic carboxylic acids is 1. The van der Waals surface area contributed by atoms with Crippen LogP contribution in [-0.4, -0.2) is 88.9 Å². The Morgan fingerprint density at radius 3 is 1.22 bits per heavy atom. The SMILES string of the molecule is COC(=O)CNC(=O)/C=C(\CCc1ccc(Cl)cc1)c1ccccc1.Cc1ccc(Cn2cc(C(=O)O)c3ccccc32)cc1.O=C(/C=C(/CCc1ccc(Cl)cc1)c1ccccc1)NCCO.O=C(O)CNC(=O)/C=C(/CCc1ccc(Cl)cc1)c1ccccc1. The average molecular weight is 1300 g/mol. The summed E-state index contributed by atoms with van der Waals surface area (Å²) in [7, 11) is 1.28. The Hall–Kier alpha value is -9.83. The third-order valence-electron chi connectivity index (χ3n) is 14.1. The molecule has 9 rings (SSSR count). The van der Waals surface area contributed by atoms with Gasteiger partial charge in [-0.05, 0) is 144 Å². The van der Waals surface area contributed by atoms with Crippen molar-refractivity contribution in [2.24, 2.45) is 0 Å². The number of methoxy groups -OCH3 is 1. The molecule has 14 nitrogen and oxygen atoms in total. The maximum atomic E-state index is 12.1. The normalized spacial score (nSPS) is 11.1. The topological polar surface area (TPSA) is 213 Å². The molecule has 3 amide bonds. The highest BCUT2D eigenvalue weighted by Crippen LogP contribution is 2.26. The second-order valence-electron chi connectivity index (χ2n) is 20.9. The number of allylic oxidation sites excluding steroid dienone is 3. The average Bonchev–Trinajstić information content (AvgIpc) is 1.73. The van der Waals surface area contributed by atoms with E-state index in [1.165, 1.54) is 30.4 Å². The second kappa shape index (κ2) is 38.7. The maximum absolute atomic E-state index is 12.1. The minimum absolute atomic E-state index is 0.0645. The molecule has 0 bridgehead atoms. The van der Waals surface area contributed by atoms with Crippen LogP contribution in [-0.2, 0) is 54.5 Å². The Kier molecular flexibility index (Phi) is 29.9. The van der Waals surface area contributed by atoms with Gasteiger partial charge < -0.3 is 40.6 Å². The van der Waals surface area contributed by atoms with E-state index in [9.17, 15) is 33.9 Å². The molecule has 9 aromatic rings. The molecular weight excluding hydrogens is 1220 g/mol. The molecule has 0 fully saturated rings. The van der Waals surface area contributed by atoms with Gasteiger partial charge in [0, 0.05) is 63.5 Å². The molecule has 0 saturated heterocycles. The molecule has 92 heavy (non-hydrogen) atoms. The second-order valence-corrected chi connectivity index (χ2v) is 22.2. The molecule has 1 heterocycles. The van der Waals surface area contributed by atoms with Crippen molar-refractivity contribution in [2.75, 3.05) is 33.4 Å². The fourth-order valence-corrected chi connectivity index (χ4v) is 9.66. The molecule has 6 N–H and O–H groups in total. The number of ether oxygens (including phenoxy) is 1. The highest BCUT2D eigenvalue weighted by Gasteiger charge is 2.15. The number of hydrogen-bond acceptors (Lipinski definition) is 8. The van der Waals surface area contributed by atoms with Crippen LogP contribution in [0, 0.1) is 6.92 Å².